The maximum absolute atomic E-state index is 10.8. The van der Waals surface area contributed by atoms with Gasteiger partial charge in [-0.2, -0.15) is 0 Å². The SMILES string of the molecule is CO[C@@H]1OC[C@@H]2OC(=O)C[C@@H]12. The highest BCUT2D eigenvalue weighted by Gasteiger charge is 2.46. The number of fused-ring (bicyclic) bond motifs is 1. The third kappa shape index (κ3) is 1.02. The van der Waals surface area contributed by atoms with E-state index in [2.05, 4.69) is 0 Å². The second-order valence-electron chi connectivity index (χ2n) is 2.83. The fourth-order valence-electron chi connectivity index (χ4n) is 1.61. The van der Waals surface area contributed by atoms with Crippen molar-refractivity contribution in [2.45, 2.75) is 18.8 Å². The minimum atomic E-state index is -0.244. The number of rotatable bonds is 1. The Balaban J connectivity index is 2.07. The normalized spacial score (nSPS) is 42.3. The first kappa shape index (κ1) is 7.06. The van der Waals surface area contributed by atoms with Gasteiger partial charge in [0.25, 0.3) is 0 Å². The van der Waals surface area contributed by atoms with E-state index in [0.29, 0.717) is 13.0 Å². The number of hydrogen-bond acceptors (Lipinski definition) is 4. The molecule has 2 aliphatic heterocycles. The van der Waals surface area contributed by atoms with Gasteiger partial charge < -0.3 is 14.2 Å². The van der Waals surface area contributed by atoms with Crippen molar-refractivity contribution in [3.8, 4) is 0 Å². The fourth-order valence-corrected chi connectivity index (χ4v) is 1.61. The summed E-state index contributed by atoms with van der Waals surface area (Å²) < 4.78 is 15.2. The summed E-state index contributed by atoms with van der Waals surface area (Å²) in [5.74, 6) is -0.0159. The van der Waals surface area contributed by atoms with Gasteiger partial charge in [0.2, 0.25) is 0 Å². The van der Waals surface area contributed by atoms with Crippen molar-refractivity contribution >= 4 is 5.97 Å². The Morgan fingerprint density at radius 3 is 3.18 bits per heavy atom. The summed E-state index contributed by atoms with van der Waals surface area (Å²) >= 11 is 0. The molecule has 0 unspecified atom stereocenters. The van der Waals surface area contributed by atoms with E-state index in [1.807, 2.05) is 0 Å². The highest BCUT2D eigenvalue weighted by Crippen LogP contribution is 2.33. The van der Waals surface area contributed by atoms with Crippen LogP contribution < -0.4 is 0 Å². The molecule has 62 valence electrons. The van der Waals surface area contributed by atoms with Crippen molar-refractivity contribution in [1.82, 2.24) is 0 Å². The van der Waals surface area contributed by atoms with E-state index < -0.39 is 0 Å². The zero-order valence-corrected chi connectivity index (χ0v) is 6.28. The molecular formula is C7H10O4. The molecule has 0 aromatic rings. The van der Waals surface area contributed by atoms with Crippen molar-refractivity contribution in [2.24, 2.45) is 5.92 Å². The van der Waals surface area contributed by atoms with Gasteiger partial charge in [-0.25, -0.2) is 0 Å². The Morgan fingerprint density at radius 2 is 2.45 bits per heavy atom. The zero-order chi connectivity index (χ0) is 7.84. The molecule has 4 heteroatoms. The van der Waals surface area contributed by atoms with Crippen LogP contribution >= 0.6 is 0 Å². The number of ether oxygens (including phenoxy) is 3. The van der Waals surface area contributed by atoms with Gasteiger partial charge in [-0.15, -0.1) is 0 Å². The van der Waals surface area contributed by atoms with Gasteiger partial charge in [-0.3, -0.25) is 4.79 Å². The average molecular weight is 158 g/mol. The van der Waals surface area contributed by atoms with Gasteiger partial charge >= 0.3 is 5.97 Å². The van der Waals surface area contributed by atoms with E-state index in [1.165, 1.54) is 0 Å². The van der Waals surface area contributed by atoms with Crippen LogP contribution in [0.1, 0.15) is 6.42 Å². The molecule has 0 radical (unpaired) electrons. The number of esters is 1. The number of methoxy groups -OCH3 is 1. The molecular weight excluding hydrogens is 148 g/mol. The lowest BCUT2D eigenvalue weighted by Crippen LogP contribution is -2.20. The first-order valence-corrected chi connectivity index (χ1v) is 3.65. The lowest BCUT2D eigenvalue weighted by Gasteiger charge is -2.11. The quantitative estimate of drug-likeness (QED) is 0.501. The van der Waals surface area contributed by atoms with Crippen LogP contribution in [0, 0.1) is 5.92 Å². The number of carbonyl (C=O) groups is 1. The average Bonchev–Trinajstić information content (AvgIpc) is 2.45. The molecule has 0 saturated carbocycles. The van der Waals surface area contributed by atoms with Crippen LogP contribution in [0.2, 0.25) is 0 Å². The maximum Gasteiger partial charge on any atom is 0.306 e. The predicted molar refractivity (Wildman–Crippen MR) is 34.7 cm³/mol. The van der Waals surface area contributed by atoms with Gasteiger partial charge in [0.05, 0.1) is 18.9 Å². The third-order valence-corrected chi connectivity index (χ3v) is 2.17. The maximum atomic E-state index is 10.8. The number of carbonyl (C=O) groups excluding carboxylic acids is 1. The molecule has 2 heterocycles. The van der Waals surface area contributed by atoms with Crippen molar-refractivity contribution in [3.05, 3.63) is 0 Å². The predicted octanol–water partition coefficient (Wildman–Crippen LogP) is -0.0792. The summed E-state index contributed by atoms with van der Waals surface area (Å²) in [5, 5.41) is 0. The summed E-state index contributed by atoms with van der Waals surface area (Å²) in [5.41, 5.74) is 0. The summed E-state index contributed by atoms with van der Waals surface area (Å²) in [6.45, 7) is 0.481. The van der Waals surface area contributed by atoms with Crippen LogP contribution in [0.5, 0.6) is 0 Å². The Hall–Kier alpha value is -0.610. The Labute approximate surface area is 64.4 Å². The van der Waals surface area contributed by atoms with E-state index in [9.17, 15) is 4.79 Å². The van der Waals surface area contributed by atoms with Crippen LogP contribution in [0.3, 0.4) is 0 Å². The molecule has 0 spiro atoms. The molecule has 0 amide bonds. The lowest BCUT2D eigenvalue weighted by atomic mass is 10.0. The van der Waals surface area contributed by atoms with Crippen molar-refractivity contribution in [1.29, 1.82) is 0 Å². The molecule has 2 saturated heterocycles. The van der Waals surface area contributed by atoms with Gasteiger partial charge in [0.1, 0.15) is 6.10 Å². The van der Waals surface area contributed by atoms with Crippen molar-refractivity contribution in [2.75, 3.05) is 13.7 Å². The molecule has 0 aromatic heterocycles. The van der Waals surface area contributed by atoms with Gasteiger partial charge in [0.15, 0.2) is 6.29 Å². The van der Waals surface area contributed by atoms with E-state index >= 15 is 0 Å². The summed E-state index contributed by atoms with van der Waals surface area (Å²) in [4.78, 5) is 10.8. The van der Waals surface area contributed by atoms with Crippen molar-refractivity contribution < 1.29 is 19.0 Å². The van der Waals surface area contributed by atoms with E-state index in [1.54, 1.807) is 7.11 Å². The molecule has 2 aliphatic rings. The van der Waals surface area contributed by atoms with E-state index in [0.717, 1.165) is 0 Å². The topological polar surface area (TPSA) is 44.8 Å². The van der Waals surface area contributed by atoms with Crippen LogP contribution in [0.25, 0.3) is 0 Å². The molecule has 0 aromatic carbocycles. The Bertz CT molecular complexity index is 179. The lowest BCUT2D eigenvalue weighted by molar-refractivity contribution is -0.146. The van der Waals surface area contributed by atoms with Crippen LogP contribution in [-0.2, 0) is 19.0 Å². The Morgan fingerprint density at radius 1 is 1.64 bits per heavy atom. The standard InChI is InChI=1S/C7H10O4/c1-9-7-4-2-6(8)11-5(4)3-10-7/h4-5,7H,2-3H2,1H3/t4-,5+,7-/m1/s1. The van der Waals surface area contributed by atoms with Gasteiger partial charge in [-0.1, -0.05) is 0 Å². The zero-order valence-electron chi connectivity index (χ0n) is 6.28. The van der Waals surface area contributed by atoms with E-state index in [4.69, 9.17) is 14.2 Å². The second-order valence-corrected chi connectivity index (χ2v) is 2.83. The third-order valence-electron chi connectivity index (χ3n) is 2.17. The first-order valence-electron chi connectivity index (χ1n) is 3.65. The minimum absolute atomic E-state index is 0.0625. The monoisotopic (exact) mass is 158 g/mol. The summed E-state index contributed by atoms with van der Waals surface area (Å²) in [6.07, 6.45) is 0.127. The molecule has 11 heavy (non-hydrogen) atoms. The van der Waals surface area contributed by atoms with E-state index in [-0.39, 0.29) is 24.3 Å². The molecule has 0 N–H and O–H groups in total. The Kier molecular flexibility index (Phi) is 1.58. The highest BCUT2D eigenvalue weighted by atomic mass is 16.7. The molecule has 3 atom stereocenters. The van der Waals surface area contributed by atoms with Crippen LogP contribution in [0.15, 0.2) is 0 Å². The van der Waals surface area contributed by atoms with Crippen LogP contribution in [0.4, 0.5) is 0 Å². The summed E-state index contributed by atoms with van der Waals surface area (Å²) in [6, 6.07) is 0. The molecule has 4 nitrogen and oxygen atoms in total. The molecule has 0 aliphatic carbocycles. The summed E-state index contributed by atoms with van der Waals surface area (Å²) in [7, 11) is 1.58. The number of hydrogen-bond donors (Lipinski definition) is 0. The molecule has 2 rings (SSSR count). The first-order chi connectivity index (χ1) is 5.31. The van der Waals surface area contributed by atoms with Crippen LogP contribution in [-0.4, -0.2) is 32.1 Å². The van der Waals surface area contributed by atoms with Gasteiger partial charge in [-0.05, 0) is 0 Å². The second kappa shape index (κ2) is 2.46. The molecule has 0 bridgehead atoms. The fraction of sp³-hybridized carbons (Fsp3) is 0.857. The minimum Gasteiger partial charge on any atom is -0.459 e. The highest BCUT2D eigenvalue weighted by molar-refractivity contribution is 5.72. The van der Waals surface area contributed by atoms with Crippen molar-refractivity contribution in [3.63, 3.8) is 0 Å². The molecule has 2 fully saturated rings. The smallest absolute Gasteiger partial charge is 0.306 e. The van der Waals surface area contributed by atoms with Gasteiger partial charge in [0, 0.05) is 7.11 Å². The largest absolute Gasteiger partial charge is 0.459 e.